The largest absolute Gasteiger partial charge is 0.480 e. The third-order valence-corrected chi connectivity index (χ3v) is 3.52. The van der Waals surface area contributed by atoms with Crippen LogP contribution in [0.3, 0.4) is 0 Å². The van der Waals surface area contributed by atoms with Crippen molar-refractivity contribution in [2.75, 3.05) is 39.3 Å². The minimum atomic E-state index is -0.974. The lowest BCUT2D eigenvalue weighted by Gasteiger charge is -2.41. The second-order valence-corrected chi connectivity index (χ2v) is 6.26. The van der Waals surface area contributed by atoms with Gasteiger partial charge in [0, 0.05) is 31.7 Å². The van der Waals surface area contributed by atoms with Gasteiger partial charge >= 0.3 is 12.0 Å². The normalized spacial score (nSPS) is 17.1. The standard InChI is InChI=1S/C14H27N3O3/c1-5-6-15-7-9-16(10-8-15)13(20)17(11-12(18)19)14(2,3)4/h5-11H2,1-4H3,(H,18,19). The molecule has 1 heterocycles. The number of hydrogen-bond acceptors (Lipinski definition) is 3. The molecule has 0 bridgehead atoms. The van der Waals surface area contributed by atoms with E-state index in [2.05, 4.69) is 11.8 Å². The van der Waals surface area contributed by atoms with Gasteiger partial charge in [-0.3, -0.25) is 9.69 Å². The highest BCUT2D eigenvalue weighted by Gasteiger charge is 2.33. The summed E-state index contributed by atoms with van der Waals surface area (Å²) in [6.07, 6.45) is 1.11. The fourth-order valence-electron chi connectivity index (χ4n) is 2.38. The Morgan fingerprint density at radius 2 is 1.70 bits per heavy atom. The van der Waals surface area contributed by atoms with Gasteiger partial charge in [0.15, 0.2) is 0 Å². The third-order valence-electron chi connectivity index (χ3n) is 3.52. The highest BCUT2D eigenvalue weighted by Crippen LogP contribution is 2.17. The van der Waals surface area contributed by atoms with Crippen molar-refractivity contribution in [1.29, 1.82) is 0 Å². The molecule has 1 saturated heterocycles. The second-order valence-electron chi connectivity index (χ2n) is 6.26. The van der Waals surface area contributed by atoms with Gasteiger partial charge in [0.1, 0.15) is 6.54 Å². The van der Waals surface area contributed by atoms with Gasteiger partial charge in [0.2, 0.25) is 0 Å². The van der Waals surface area contributed by atoms with Crippen molar-refractivity contribution in [3.8, 4) is 0 Å². The predicted octanol–water partition coefficient (Wildman–Crippen LogP) is 1.32. The molecule has 0 aromatic rings. The van der Waals surface area contributed by atoms with Gasteiger partial charge in [-0.1, -0.05) is 6.92 Å². The van der Waals surface area contributed by atoms with Gasteiger partial charge in [-0.05, 0) is 33.7 Å². The van der Waals surface area contributed by atoms with Gasteiger partial charge in [0.25, 0.3) is 0 Å². The summed E-state index contributed by atoms with van der Waals surface area (Å²) in [7, 11) is 0. The second kappa shape index (κ2) is 6.92. The summed E-state index contributed by atoms with van der Waals surface area (Å²) in [5.74, 6) is -0.974. The number of carboxylic acid groups (broad SMARTS) is 1. The van der Waals surface area contributed by atoms with E-state index in [1.807, 2.05) is 20.8 Å². The highest BCUT2D eigenvalue weighted by molar-refractivity contribution is 5.81. The maximum atomic E-state index is 12.5. The first kappa shape index (κ1) is 16.8. The molecule has 116 valence electrons. The van der Waals surface area contributed by atoms with Crippen LogP contribution in [0.1, 0.15) is 34.1 Å². The lowest BCUT2D eigenvalue weighted by Crippen LogP contribution is -2.57. The highest BCUT2D eigenvalue weighted by atomic mass is 16.4. The molecule has 0 spiro atoms. The maximum absolute atomic E-state index is 12.5. The van der Waals surface area contributed by atoms with Crippen molar-refractivity contribution in [3.63, 3.8) is 0 Å². The molecule has 0 atom stereocenters. The summed E-state index contributed by atoms with van der Waals surface area (Å²) in [5.41, 5.74) is -0.490. The number of amides is 2. The number of nitrogens with zero attached hydrogens (tertiary/aromatic N) is 3. The van der Waals surface area contributed by atoms with Crippen LogP contribution in [0.15, 0.2) is 0 Å². The van der Waals surface area contributed by atoms with Gasteiger partial charge < -0.3 is 14.9 Å². The molecule has 0 radical (unpaired) electrons. The molecule has 2 amide bonds. The quantitative estimate of drug-likeness (QED) is 0.846. The van der Waals surface area contributed by atoms with Gasteiger partial charge in [-0.2, -0.15) is 0 Å². The number of rotatable bonds is 4. The molecule has 0 unspecified atom stereocenters. The summed E-state index contributed by atoms with van der Waals surface area (Å²) >= 11 is 0. The zero-order chi connectivity index (χ0) is 15.3. The van der Waals surface area contributed by atoms with Crippen LogP contribution in [-0.4, -0.2) is 76.6 Å². The van der Waals surface area contributed by atoms with E-state index in [0.29, 0.717) is 13.1 Å². The van der Waals surface area contributed by atoms with Crippen molar-refractivity contribution >= 4 is 12.0 Å². The van der Waals surface area contributed by atoms with Gasteiger partial charge in [0.05, 0.1) is 0 Å². The van der Waals surface area contributed by atoms with Crippen molar-refractivity contribution < 1.29 is 14.7 Å². The Labute approximate surface area is 121 Å². The Balaban J connectivity index is 2.65. The number of carbonyl (C=O) groups is 2. The number of urea groups is 1. The molecule has 1 N–H and O–H groups in total. The Hall–Kier alpha value is -1.30. The van der Waals surface area contributed by atoms with E-state index < -0.39 is 11.5 Å². The van der Waals surface area contributed by atoms with E-state index in [-0.39, 0.29) is 12.6 Å². The molecule has 1 fully saturated rings. The van der Waals surface area contributed by atoms with Crippen molar-refractivity contribution in [3.05, 3.63) is 0 Å². The molecule has 0 aromatic heterocycles. The average Bonchev–Trinajstić information content (AvgIpc) is 2.35. The summed E-state index contributed by atoms with van der Waals surface area (Å²) in [6, 6.07) is -0.170. The molecule has 1 aliphatic heterocycles. The van der Waals surface area contributed by atoms with Crippen LogP contribution >= 0.6 is 0 Å². The van der Waals surface area contributed by atoms with Crippen LogP contribution in [-0.2, 0) is 4.79 Å². The maximum Gasteiger partial charge on any atom is 0.323 e. The Kier molecular flexibility index (Phi) is 5.80. The van der Waals surface area contributed by atoms with E-state index in [9.17, 15) is 9.59 Å². The minimum absolute atomic E-state index is 0.170. The average molecular weight is 285 g/mol. The first-order valence-electron chi connectivity index (χ1n) is 7.26. The topological polar surface area (TPSA) is 64.1 Å². The molecule has 0 aliphatic carbocycles. The van der Waals surface area contributed by atoms with Gasteiger partial charge in [-0.15, -0.1) is 0 Å². The predicted molar refractivity (Wildman–Crippen MR) is 77.8 cm³/mol. The number of piperazine rings is 1. The van der Waals surface area contributed by atoms with E-state index >= 15 is 0 Å². The number of carbonyl (C=O) groups excluding carboxylic acids is 1. The molecule has 6 heteroatoms. The zero-order valence-corrected chi connectivity index (χ0v) is 13.1. The Morgan fingerprint density at radius 3 is 2.10 bits per heavy atom. The monoisotopic (exact) mass is 285 g/mol. The third kappa shape index (κ3) is 4.67. The SMILES string of the molecule is CCCN1CCN(C(=O)N(CC(=O)O)C(C)(C)C)CC1. The van der Waals surface area contributed by atoms with E-state index in [4.69, 9.17) is 5.11 Å². The molecule has 1 aliphatic rings. The summed E-state index contributed by atoms with van der Waals surface area (Å²) in [6.45, 7) is 11.6. The van der Waals surface area contributed by atoms with Crippen LogP contribution in [0, 0.1) is 0 Å². The molecule has 0 aromatic carbocycles. The first-order valence-corrected chi connectivity index (χ1v) is 7.26. The fourth-order valence-corrected chi connectivity index (χ4v) is 2.38. The molecule has 0 saturated carbocycles. The zero-order valence-electron chi connectivity index (χ0n) is 13.1. The molecule has 20 heavy (non-hydrogen) atoms. The summed E-state index contributed by atoms with van der Waals surface area (Å²) in [5, 5.41) is 8.99. The van der Waals surface area contributed by atoms with E-state index in [1.165, 1.54) is 4.90 Å². The number of carboxylic acids is 1. The number of aliphatic carboxylic acids is 1. The van der Waals surface area contributed by atoms with Crippen LogP contribution in [0.4, 0.5) is 4.79 Å². The van der Waals surface area contributed by atoms with E-state index in [0.717, 1.165) is 26.1 Å². The minimum Gasteiger partial charge on any atom is -0.480 e. The van der Waals surface area contributed by atoms with Crippen LogP contribution in [0.2, 0.25) is 0 Å². The molecular formula is C14H27N3O3. The summed E-state index contributed by atoms with van der Waals surface area (Å²) < 4.78 is 0. The molecule has 6 nitrogen and oxygen atoms in total. The lowest BCUT2D eigenvalue weighted by atomic mass is 10.1. The van der Waals surface area contributed by atoms with E-state index in [1.54, 1.807) is 4.90 Å². The Bertz CT molecular complexity index is 344. The lowest BCUT2D eigenvalue weighted by molar-refractivity contribution is -0.138. The van der Waals surface area contributed by atoms with Crippen LogP contribution < -0.4 is 0 Å². The van der Waals surface area contributed by atoms with Crippen molar-refractivity contribution in [1.82, 2.24) is 14.7 Å². The fraction of sp³-hybridized carbons (Fsp3) is 0.857. The van der Waals surface area contributed by atoms with Crippen molar-refractivity contribution in [2.45, 2.75) is 39.7 Å². The number of hydrogen-bond donors (Lipinski definition) is 1. The van der Waals surface area contributed by atoms with Crippen LogP contribution in [0.25, 0.3) is 0 Å². The van der Waals surface area contributed by atoms with Crippen molar-refractivity contribution in [2.24, 2.45) is 0 Å². The Morgan fingerprint density at radius 1 is 1.15 bits per heavy atom. The smallest absolute Gasteiger partial charge is 0.323 e. The summed E-state index contributed by atoms with van der Waals surface area (Å²) in [4.78, 5) is 29.0. The molecular weight excluding hydrogens is 258 g/mol. The first-order chi connectivity index (χ1) is 9.25. The van der Waals surface area contributed by atoms with Crippen LogP contribution in [0.5, 0.6) is 0 Å². The van der Waals surface area contributed by atoms with Gasteiger partial charge in [-0.25, -0.2) is 4.79 Å². The molecule has 1 rings (SSSR count).